The van der Waals surface area contributed by atoms with Crippen LogP contribution in [-0.2, 0) is 4.74 Å². The number of nitrogens with one attached hydrogen (secondary N) is 2. The van der Waals surface area contributed by atoms with Gasteiger partial charge in [0.1, 0.15) is 0 Å². The van der Waals surface area contributed by atoms with Gasteiger partial charge in [0.2, 0.25) is 0 Å². The molecule has 2 fully saturated rings. The van der Waals surface area contributed by atoms with Gasteiger partial charge >= 0.3 is 0 Å². The van der Waals surface area contributed by atoms with E-state index in [9.17, 15) is 4.79 Å². The number of anilines is 1. The third-order valence-electron chi connectivity index (χ3n) is 4.37. The number of nitrogens with zero attached hydrogens (tertiary/aromatic N) is 1. The van der Waals surface area contributed by atoms with Crippen molar-refractivity contribution in [1.29, 1.82) is 0 Å². The van der Waals surface area contributed by atoms with Gasteiger partial charge in [-0.2, -0.15) is 0 Å². The Morgan fingerprint density at radius 3 is 2.61 bits per heavy atom. The molecule has 0 unspecified atom stereocenters. The number of hydrogen-bond donors (Lipinski definition) is 2. The minimum absolute atomic E-state index is 0. The number of rotatable bonds is 4. The molecule has 2 N–H and O–H groups in total. The molecule has 130 valence electrons. The molecule has 23 heavy (non-hydrogen) atoms. The molecule has 0 radical (unpaired) electrons. The predicted octanol–water partition coefficient (Wildman–Crippen LogP) is 1.85. The molecule has 2 aliphatic heterocycles. The molecule has 7 heteroatoms. The second kappa shape index (κ2) is 9.33. The number of carbonyl (C=O) groups is 1. The molecule has 0 aliphatic carbocycles. The molecule has 0 saturated carbocycles. The summed E-state index contributed by atoms with van der Waals surface area (Å²) in [4.78, 5) is 14.9. The summed E-state index contributed by atoms with van der Waals surface area (Å²) in [5.41, 5.74) is 1.81. The van der Waals surface area contributed by atoms with E-state index >= 15 is 0 Å². The van der Waals surface area contributed by atoms with Crippen molar-refractivity contribution in [1.82, 2.24) is 10.6 Å². The third kappa shape index (κ3) is 4.51. The first-order valence-electron chi connectivity index (χ1n) is 7.68. The molecule has 3 rings (SSSR count). The highest BCUT2D eigenvalue weighted by Gasteiger charge is 2.29. The number of carbonyl (C=O) groups excluding carboxylic acids is 1. The highest BCUT2D eigenvalue weighted by molar-refractivity contribution is 6.00. The molecule has 2 atom stereocenters. The Kier molecular flexibility index (Phi) is 8.12. The van der Waals surface area contributed by atoms with Crippen LogP contribution in [0.2, 0.25) is 0 Å². The lowest BCUT2D eigenvalue weighted by atomic mass is 10.1. The normalized spacial score (nSPS) is 23.1. The molecule has 0 spiro atoms. The topological polar surface area (TPSA) is 53.6 Å². The Balaban J connectivity index is 0.00000132. The zero-order valence-corrected chi connectivity index (χ0v) is 14.9. The van der Waals surface area contributed by atoms with E-state index in [0.29, 0.717) is 0 Å². The van der Waals surface area contributed by atoms with Gasteiger partial charge < -0.3 is 20.3 Å². The van der Waals surface area contributed by atoms with E-state index in [1.54, 1.807) is 7.11 Å². The average Bonchev–Trinajstić information content (AvgIpc) is 3.18. The van der Waals surface area contributed by atoms with Crippen LogP contribution < -0.4 is 15.5 Å². The standard InChI is InChI=1S/C16H23N3O2.2ClH/c1-21-15-11-17-10-13(15)18-16(20)12-6-2-3-7-14(12)19-8-4-5-9-19;;/h2-3,6-7,13,15,17H,4-5,8-11H2,1H3,(H,18,20);2*1H/t13-,15-;;/m0../s1. The fourth-order valence-electron chi connectivity index (χ4n) is 3.19. The fraction of sp³-hybridized carbons (Fsp3) is 0.562. The maximum absolute atomic E-state index is 12.6. The molecular formula is C16H25Cl2N3O2. The number of methoxy groups -OCH3 is 1. The van der Waals surface area contributed by atoms with Gasteiger partial charge in [-0.1, -0.05) is 12.1 Å². The van der Waals surface area contributed by atoms with Crippen LogP contribution in [0.15, 0.2) is 24.3 Å². The lowest BCUT2D eigenvalue weighted by Crippen LogP contribution is -2.43. The van der Waals surface area contributed by atoms with Crippen molar-refractivity contribution in [3.63, 3.8) is 0 Å². The maximum atomic E-state index is 12.6. The molecule has 0 bridgehead atoms. The molecule has 2 heterocycles. The quantitative estimate of drug-likeness (QED) is 0.859. The van der Waals surface area contributed by atoms with Crippen LogP contribution in [0.3, 0.4) is 0 Å². The summed E-state index contributed by atoms with van der Waals surface area (Å²) in [5.74, 6) is -0.00625. The van der Waals surface area contributed by atoms with Crippen molar-refractivity contribution in [3.8, 4) is 0 Å². The van der Waals surface area contributed by atoms with E-state index < -0.39 is 0 Å². The smallest absolute Gasteiger partial charge is 0.253 e. The summed E-state index contributed by atoms with van der Waals surface area (Å²) in [6.07, 6.45) is 2.45. The molecule has 5 nitrogen and oxygen atoms in total. The Bertz CT molecular complexity index is 510. The van der Waals surface area contributed by atoms with Crippen LogP contribution in [0.4, 0.5) is 5.69 Å². The van der Waals surface area contributed by atoms with Gasteiger partial charge in [0, 0.05) is 39.0 Å². The molecule has 2 saturated heterocycles. The van der Waals surface area contributed by atoms with E-state index in [0.717, 1.165) is 37.4 Å². The largest absolute Gasteiger partial charge is 0.378 e. The number of para-hydroxylation sites is 1. The average molecular weight is 362 g/mol. The fourth-order valence-corrected chi connectivity index (χ4v) is 3.19. The van der Waals surface area contributed by atoms with Crippen molar-refractivity contribution in [2.45, 2.75) is 25.0 Å². The van der Waals surface area contributed by atoms with Crippen LogP contribution >= 0.6 is 24.8 Å². The Labute approximate surface area is 150 Å². The minimum atomic E-state index is -0.00625. The number of benzene rings is 1. The summed E-state index contributed by atoms with van der Waals surface area (Å²) in [6, 6.07) is 7.91. The molecule has 2 aliphatic rings. The zero-order chi connectivity index (χ0) is 14.7. The van der Waals surface area contributed by atoms with Crippen LogP contribution in [0.25, 0.3) is 0 Å². The van der Waals surface area contributed by atoms with E-state index in [2.05, 4.69) is 15.5 Å². The SMILES string of the molecule is CO[C@H]1CNC[C@@H]1NC(=O)c1ccccc1N1CCCC1.Cl.Cl. The number of hydrogen-bond acceptors (Lipinski definition) is 4. The van der Waals surface area contributed by atoms with Crippen molar-refractivity contribution in [3.05, 3.63) is 29.8 Å². The van der Waals surface area contributed by atoms with E-state index in [4.69, 9.17) is 4.74 Å². The van der Waals surface area contributed by atoms with Crippen molar-refractivity contribution >= 4 is 36.4 Å². The van der Waals surface area contributed by atoms with Gasteiger partial charge in [0.05, 0.1) is 17.7 Å². The Hall–Kier alpha value is -1.01. The molecule has 1 aromatic rings. The summed E-state index contributed by atoms with van der Waals surface area (Å²) in [5, 5.41) is 6.36. The van der Waals surface area contributed by atoms with Gasteiger partial charge in [-0.3, -0.25) is 4.79 Å². The summed E-state index contributed by atoms with van der Waals surface area (Å²) in [6.45, 7) is 3.62. The highest BCUT2D eigenvalue weighted by Crippen LogP contribution is 2.24. The zero-order valence-electron chi connectivity index (χ0n) is 13.3. The van der Waals surface area contributed by atoms with Crippen molar-refractivity contribution < 1.29 is 9.53 Å². The van der Waals surface area contributed by atoms with Crippen molar-refractivity contribution in [2.24, 2.45) is 0 Å². The first-order valence-corrected chi connectivity index (χ1v) is 7.68. The minimum Gasteiger partial charge on any atom is -0.378 e. The van der Waals surface area contributed by atoms with E-state index in [1.165, 1.54) is 12.8 Å². The lowest BCUT2D eigenvalue weighted by molar-refractivity contribution is 0.0780. The van der Waals surface area contributed by atoms with E-state index in [1.807, 2.05) is 24.3 Å². The molecular weight excluding hydrogens is 337 g/mol. The van der Waals surface area contributed by atoms with Crippen LogP contribution in [0.1, 0.15) is 23.2 Å². The van der Waals surface area contributed by atoms with Crippen LogP contribution in [-0.4, -0.2) is 51.3 Å². The first kappa shape index (κ1) is 20.0. The summed E-state index contributed by atoms with van der Waals surface area (Å²) < 4.78 is 5.40. The maximum Gasteiger partial charge on any atom is 0.253 e. The number of halogens is 2. The lowest BCUT2D eigenvalue weighted by Gasteiger charge is -2.23. The predicted molar refractivity (Wildman–Crippen MR) is 97.3 cm³/mol. The number of amides is 1. The molecule has 1 amide bonds. The Morgan fingerprint density at radius 2 is 1.91 bits per heavy atom. The Morgan fingerprint density at radius 1 is 1.22 bits per heavy atom. The molecule has 0 aromatic heterocycles. The first-order chi connectivity index (χ1) is 10.3. The second-order valence-electron chi connectivity index (χ2n) is 5.72. The summed E-state index contributed by atoms with van der Waals surface area (Å²) >= 11 is 0. The van der Waals surface area contributed by atoms with Gasteiger partial charge in [-0.25, -0.2) is 0 Å². The van der Waals surface area contributed by atoms with Gasteiger partial charge in [0.15, 0.2) is 0 Å². The second-order valence-corrected chi connectivity index (χ2v) is 5.72. The third-order valence-corrected chi connectivity index (χ3v) is 4.37. The molecule has 1 aromatic carbocycles. The van der Waals surface area contributed by atoms with Crippen molar-refractivity contribution in [2.75, 3.05) is 38.2 Å². The van der Waals surface area contributed by atoms with Gasteiger partial charge in [-0.05, 0) is 25.0 Å². The highest BCUT2D eigenvalue weighted by atomic mass is 35.5. The van der Waals surface area contributed by atoms with Crippen LogP contribution in [0, 0.1) is 0 Å². The monoisotopic (exact) mass is 361 g/mol. The van der Waals surface area contributed by atoms with Gasteiger partial charge in [0.25, 0.3) is 5.91 Å². The number of ether oxygens (including phenoxy) is 1. The van der Waals surface area contributed by atoms with Crippen LogP contribution in [0.5, 0.6) is 0 Å². The van der Waals surface area contributed by atoms with E-state index in [-0.39, 0.29) is 42.9 Å². The van der Waals surface area contributed by atoms with Gasteiger partial charge in [-0.15, -0.1) is 24.8 Å². The summed E-state index contributed by atoms with van der Waals surface area (Å²) in [7, 11) is 1.69.